The van der Waals surface area contributed by atoms with Crippen molar-refractivity contribution in [2.24, 2.45) is 10.9 Å². The van der Waals surface area contributed by atoms with E-state index >= 15 is 0 Å². The molecular weight excluding hydrogens is 236 g/mol. The molecule has 0 atom stereocenters. The van der Waals surface area contributed by atoms with Crippen LogP contribution in [-0.4, -0.2) is 45.5 Å². The maximum absolute atomic E-state index is 8.72. The van der Waals surface area contributed by atoms with Crippen LogP contribution in [0.2, 0.25) is 0 Å². The third kappa shape index (κ3) is 3.10. The molecule has 0 spiro atoms. The number of amidine groups is 1. The minimum Gasteiger partial charge on any atom is -0.409 e. The first kappa shape index (κ1) is 12.2. The van der Waals surface area contributed by atoms with E-state index in [-0.39, 0.29) is 5.84 Å². The number of thioether (sulfide) groups is 1. The van der Waals surface area contributed by atoms with Gasteiger partial charge >= 0.3 is 0 Å². The van der Waals surface area contributed by atoms with E-state index < -0.39 is 0 Å². The first-order chi connectivity index (χ1) is 8.31. The lowest BCUT2D eigenvalue weighted by Gasteiger charge is -2.26. The zero-order chi connectivity index (χ0) is 12.1. The molecule has 2 heterocycles. The van der Waals surface area contributed by atoms with E-state index in [9.17, 15) is 0 Å². The lowest BCUT2D eigenvalue weighted by Crippen LogP contribution is -2.33. The Kier molecular flexibility index (Phi) is 4.22. The van der Waals surface area contributed by atoms with E-state index in [0.717, 1.165) is 25.2 Å². The van der Waals surface area contributed by atoms with Crippen LogP contribution in [0.15, 0.2) is 23.5 Å². The Morgan fingerprint density at radius 3 is 3.00 bits per heavy atom. The molecular formula is C11H16N4OS. The summed E-state index contributed by atoms with van der Waals surface area (Å²) >= 11 is 1.98. The van der Waals surface area contributed by atoms with E-state index in [0.29, 0.717) is 5.69 Å². The Balaban J connectivity index is 2.14. The molecule has 0 bridgehead atoms. The van der Waals surface area contributed by atoms with Crippen molar-refractivity contribution in [3.05, 3.63) is 29.6 Å². The highest BCUT2D eigenvalue weighted by Gasteiger charge is 2.14. The molecule has 0 radical (unpaired) electrons. The van der Waals surface area contributed by atoms with Crippen molar-refractivity contribution in [3.8, 4) is 0 Å². The highest BCUT2D eigenvalue weighted by Crippen LogP contribution is 2.14. The minimum absolute atomic E-state index is 0.0759. The number of nitrogens with zero attached hydrogens (tertiary/aromatic N) is 3. The Bertz CT molecular complexity index is 404. The third-order valence-corrected chi connectivity index (χ3v) is 3.68. The molecule has 17 heavy (non-hydrogen) atoms. The highest BCUT2D eigenvalue weighted by molar-refractivity contribution is 7.99. The van der Waals surface area contributed by atoms with Gasteiger partial charge in [-0.05, 0) is 11.6 Å². The number of pyridine rings is 1. The molecule has 1 aromatic rings. The average molecular weight is 252 g/mol. The first-order valence-electron chi connectivity index (χ1n) is 5.53. The molecule has 0 unspecified atom stereocenters. The summed E-state index contributed by atoms with van der Waals surface area (Å²) in [6, 6.07) is 3.85. The summed E-state index contributed by atoms with van der Waals surface area (Å²) in [4.78, 5) is 6.53. The summed E-state index contributed by atoms with van der Waals surface area (Å²) < 4.78 is 0. The number of nitrogens with two attached hydrogens (primary N) is 1. The second-order valence-corrected chi connectivity index (χ2v) is 5.11. The van der Waals surface area contributed by atoms with Crippen molar-refractivity contribution in [3.63, 3.8) is 0 Å². The van der Waals surface area contributed by atoms with Gasteiger partial charge in [0.25, 0.3) is 0 Å². The van der Waals surface area contributed by atoms with Gasteiger partial charge in [0, 0.05) is 37.3 Å². The summed E-state index contributed by atoms with van der Waals surface area (Å²) in [5, 5.41) is 11.7. The van der Waals surface area contributed by atoms with E-state index in [1.54, 1.807) is 6.20 Å². The standard InChI is InChI=1S/C11H16N4OS/c12-11(14-16)10-9(2-1-3-13-10)8-15-4-6-17-7-5-15/h1-3,16H,4-8H2,(H2,12,14). The summed E-state index contributed by atoms with van der Waals surface area (Å²) in [5.41, 5.74) is 7.20. The molecule has 3 N–H and O–H groups in total. The smallest absolute Gasteiger partial charge is 0.189 e. The normalized spacial score (nSPS) is 18.2. The van der Waals surface area contributed by atoms with Crippen LogP contribution in [-0.2, 0) is 6.54 Å². The first-order valence-corrected chi connectivity index (χ1v) is 6.68. The van der Waals surface area contributed by atoms with E-state index in [1.165, 1.54) is 11.5 Å². The number of aromatic nitrogens is 1. The minimum atomic E-state index is 0.0759. The summed E-state index contributed by atoms with van der Waals surface area (Å²) in [5.74, 6) is 2.41. The fourth-order valence-electron chi connectivity index (χ4n) is 1.84. The third-order valence-electron chi connectivity index (χ3n) is 2.74. The molecule has 92 valence electrons. The zero-order valence-electron chi connectivity index (χ0n) is 9.54. The monoisotopic (exact) mass is 252 g/mol. The lowest BCUT2D eigenvalue weighted by molar-refractivity contribution is 0.293. The van der Waals surface area contributed by atoms with Gasteiger partial charge in [-0.3, -0.25) is 9.88 Å². The fourth-order valence-corrected chi connectivity index (χ4v) is 2.82. The number of hydrogen-bond acceptors (Lipinski definition) is 5. The lowest BCUT2D eigenvalue weighted by atomic mass is 10.1. The van der Waals surface area contributed by atoms with Crippen molar-refractivity contribution >= 4 is 17.6 Å². The van der Waals surface area contributed by atoms with Gasteiger partial charge in [-0.1, -0.05) is 11.2 Å². The highest BCUT2D eigenvalue weighted by atomic mass is 32.2. The maximum atomic E-state index is 8.72. The molecule has 1 saturated heterocycles. The molecule has 1 fully saturated rings. The van der Waals surface area contributed by atoms with Crippen molar-refractivity contribution in [2.45, 2.75) is 6.54 Å². The van der Waals surface area contributed by atoms with Crippen LogP contribution in [0, 0.1) is 0 Å². The molecule has 1 aliphatic rings. The summed E-state index contributed by atoms with van der Waals surface area (Å²) in [6.07, 6.45) is 1.66. The SMILES string of the molecule is NC(=NO)c1ncccc1CN1CCSCC1. The van der Waals surface area contributed by atoms with E-state index in [1.807, 2.05) is 23.9 Å². The van der Waals surface area contributed by atoms with E-state index in [2.05, 4.69) is 15.0 Å². The number of rotatable bonds is 3. The van der Waals surface area contributed by atoms with Gasteiger partial charge in [-0.15, -0.1) is 0 Å². The second kappa shape index (κ2) is 5.88. The van der Waals surface area contributed by atoms with Crippen LogP contribution in [0.5, 0.6) is 0 Å². The van der Waals surface area contributed by atoms with Crippen LogP contribution in [0.1, 0.15) is 11.3 Å². The van der Waals surface area contributed by atoms with Crippen LogP contribution in [0.3, 0.4) is 0 Å². The van der Waals surface area contributed by atoms with Gasteiger partial charge in [0.15, 0.2) is 5.84 Å². The Hall–Kier alpha value is -1.27. The predicted octanol–water partition coefficient (Wildman–Crippen LogP) is 0.725. The topological polar surface area (TPSA) is 74.7 Å². The van der Waals surface area contributed by atoms with Gasteiger partial charge in [-0.25, -0.2) is 0 Å². The number of oxime groups is 1. The number of hydrogen-bond donors (Lipinski definition) is 2. The molecule has 0 amide bonds. The maximum Gasteiger partial charge on any atom is 0.189 e. The molecule has 5 nitrogen and oxygen atoms in total. The van der Waals surface area contributed by atoms with E-state index in [4.69, 9.17) is 10.9 Å². The van der Waals surface area contributed by atoms with Crippen molar-refractivity contribution in [2.75, 3.05) is 24.6 Å². The molecule has 0 aliphatic carbocycles. The van der Waals surface area contributed by atoms with Gasteiger partial charge in [-0.2, -0.15) is 11.8 Å². The predicted molar refractivity (Wildman–Crippen MR) is 69.3 cm³/mol. The summed E-state index contributed by atoms with van der Waals surface area (Å²) in [7, 11) is 0. The molecule has 0 aromatic carbocycles. The molecule has 6 heteroatoms. The second-order valence-electron chi connectivity index (χ2n) is 3.88. The zero-order valence-corrected chi connectivity index (χ0v) is 10.4. The summed E-state index contributed by atoms with van der Waals surface area (Å²) in [6.45, 7) is 2.96. The quantitative estimate of drug-likeness (QED) is 0.359. The molecule has 1 aromatic heterocycles. The van der Waals surface area contributed by atoms with Crippen LogP contribution < -0.4 is 5.73 Å². The van der Waals surface area contributed by atoms with Gasteiger partial charge < -0.3 is 10.9 Å². The van der Waals surface area contributed by atoms with Gasteiger partial charge in [0.2, 0.25) is 0 Å². The van der Waals surface area contributed by atoms with Gasteiger partial charge in [0.1, 0.15) is 5.69 Å². The fraction of sp³-hybridized carbons (Fsp3) is 0.455. The van der Waals surface area contributed by atoms with Crippen LogP contribution >= 0.6 is 11.8 Å². The molecule has 2 rings (SSSR count). The Morgan fingerprint density at radius 2 is 2.29 bits per heavy atom. The van der Waals surface area contributed by atoms with Gasteiger partial charge in [0.05, 0.1) is 0 Å². The van der Waals surface area contributed by atoms with Crippen LogP contribution in [0.4, 0.5) is 0 Å². The Morgan fingerprint density at radius 1 is 1.53 bits per heavy atom. The molecule has 0 saturated carbocycles. The average Bonchev–Trinajstić information content (AvgIpc) is 2.40. The molecule has 1 aliphatic heterocycles. The van der Waals surface area contributed by atoms with Crippen molar-refractivity contribution in [1.29, 1.82) is 0 Å². The van der Waals surface area contributed by atoms with Crippen molar-refractivity contribution < 1.29 is 5.21 Å². The van der Waals surface area contributed by atoms with Crippen molar-refractivity contribution in [1.82, 2.24) is 9.88 Å². The van der Waals surface area contributed by atoms with Crippen LogP contribution in [0.25, 0.3) is 0 Å². The Labute approximate surface area is 105 Å². The largest absolute Gasteiger partial charge is 0.409 e.